The molecule has 0 atom stereocenters. The second-order valence-corrected chi connectivity index (χ2v) is 4.22. The topological polar surface area (TPSA) is 80.4 Å². The molecule has 2 aromatic carbocycles. The average Bonchev–Trinajstić information content (AvgIpc) is 2.38. The number of hydrogen-bond donors (Lipinski definition) is 2. The number of benzene rings is 2. The Morgan fingerprint density at radius 3 is 2.16 bits per heavy atom. The molecule has 0 aliphatic heterocycles. The Kier molecular flexibility index (Phi) is 3.33. The van der Waals surface area contributed by atoms with Crippen molar-refractivity contribution in [3.63, 3.8) is 0 Å². The van der Waals surface area contributed by atoms with Crippen LogP contribution in [0, 0.1) is 6.92 Å². The fraction of sp³-hybridized carbons (Fsp3) is 0.0667. The lowest BCUT2D eigenvalue weighted by Crippen LogP contribution is -2.11. The summed E-state index contributed by atoms with van der Waals surface area (Å²) in [6, 6.07) is 11.6. The largest absolute Gasteiger partial charge is 0.478 e. The van der Waals surface area contributed by atoms with Gasteiger partial charge in [0.15, 0.2) is 5.78 Å². The SMILES string of the molecule is Cc1ccccc1C(=O)c1cccc(C(=O)O)c1N. The van der Waals surface area contributed by atoms with Crippen LogP contribution in [-0.2, 0) is 0 Å². The van der Waals surface area contributed by atoms with Crippen molar-refractivity contribution in [3.05, 3.63) is 64.7 Å². The van der Waals surface area contributed by atoms with E-state index < -0.39 is 5.97 Å². The summed E-state index contributed by atoms with van der Waals surface area (Å²) in [5.41, 5.74) is 7.29. The monoisotopic (exact) mass is 255 g/mol. The molecule has 3 N–H and O–H groups in total. The van der Waals surface area contributed by atoms with Gasteiger partial charge in [-0.2, -0.15) is 0 Å². The van der Waals surface area contributed by atoms with E-state index in [1.165, 1.54) is 18.2 Å². The molecular formula is C15H13NO3. The first-order chi connectivity index (χ1) is 9.02. The number of para-hydroxylation sites is 1. The summed E-state index contributed by atoms with van der Waals surface area (Å²) in [5, 5.41) is 9.01. The zero-order valence-electron chi connectivity index (χ0n) is 10.4. The van der Waals surface area contributed by atoms with E-state index in [2.05, 4.69) is 0 Å². The normalized spacial score (nSPS) is 10.2. The number of aromatic carboxylic acids is 1. The number of carboxylic acid groups (broad SMARTS) is 1. The number of nitrogen functional groups attached to an aromatic ring is 1. The smallest absolute Gasteiger partial charge is 0.337 e. The maximum atomic E-state index is 12.4. The van der Waals surface area contributed by atoms with E-state index in [1.54, 1.807) is 12.1 Å². The Morgan fingerprint density at radius 2 is 1.53 bits per heavy atom. The summed E-state index contributed by atoms with van der Waals surface area (Å²) in [6.07, 6.45) is 0. The third-order valence-electron chi connectivity index (χ3n) is 2.97. The van der Waals surface area contributed by atoms with E-state index in [4.69, 9.17) is 10.8 Å². The molecule has 96 valence electrons. The molecule has 0 saturated heterocycles. The minimum atomic E-state index is -1.14. The summed E-state index contributed by atoms with van der Waals surface area (Å²) < 4.78 is 0. The van der Waals surface area contributed by atoms with Crippen molar-refractivity contribution >= 4 is 17.4 Å². The van der Waals surface area contributed by atoms with Crippen LogP contribution in [0.2, 0.25) is 0 Å². The summed E-state index contributed by atoms with van der Waals surface area (Å²) in [7, 11) is 0. The predicted molar refractivity (Wildman–Crippen MR) is 72.4 cm³/mol. The first-order valence-corrected chi connectivity index (χ1v) is 5.74. The van der Waals surface area contributed by atoms with Crippen LogP contribution in [0.4, 0.5) is 5.69 Å². The molecule has 0 spiro atoms. The van der Waals surface area contributed by atoms with E-state index in [0.717, 1.165) is 5.56 Å². The van der Waals surface area contributed by atoms with Gasteiger partial charge in [0.2, 0.25) is 0 Å². The highest BCUT2D eigenvalue weighted by atomic mass is 16.4. The highest BCUT2D eigenvalue weighted by molar-refractivity contribution is 6.14. The Labute approximate surface area is 110 Å². The van der Waals surface area contributed by atoms with Crippen LogP contribution in [0.25, 0.3) is 0 Å². The van der Waals surface area contributed by atoms with Crippen molar-refractivity contribution in [2.45, 2.75) is 6.92 Å². The van der Waals surface area contributed by atoms with Gasteiger partial charge in [-0.05, 0) is 24.6 Å². The van der Waals surface area contributed by atoms with Gasteiger partial charge in [-0.15, -0.1) is 0 Å². The molecule has 0 unspecified atom stereocenters. The third kappa shape index (κ3) is 2.33. The van der Waals surface area contributed by atoms with Gasteiger partial charge in [0.1, 0.15) is 0 Å². The van der Waals surface area contributed by atoms with Gasteiger partial charge in [-0.25, -0.2) is 4.79 Å². The van der Waals surface area contributed by atoms with Gasteiger partial charge >= 0.3 is 5.97 Å². The van der Waals surface area contributed by atoms with E-state index in [-0.39, 0.29) is 22.6 Å². The maximum absolute atomic E-state index is 12.4. The zero-order chi connectivity index (χ0) is 14.0. The molecule has 4 heteroatoms. The van der Waals surface area contributed by atoms with Gasteiger partial charge in [0.05, 0.1) is 11.3 Å². The molecule has 19 heavy (non-hydrogen) atoms. The van der Waals surface area contributed by atoms with Crippen molar-refractivity contribution in [2.75, 3.05) is 5.73 Å². The van der Waals surface area contributed by atoms with E-state index >= 15 is 0 Å². The predicted octanol–water partition coefficient (Wildman–Crippen LogP) is 2.51. The van der Waals surface area contributed by atoms with Crippen LogP contribution in [0.3, 0.4) is 0 Å². The minimum absolute atomic E-state index is 0.00301. The highest BCUT2D eigenvalue weighted by Crippen LogP contribution is 2.22. The molecule has 0 radical (unpaired) electrons. The second-order valence-electron chi connectivity index (χ2n) is 4.22. The minimum Gasteiger partial charge on any atom is -0.478 e. The fourth-order valence-electron chi connectivity index (χ4n) is 1.92. The lowest BCUT2D eigenvalue weighted by molar-refractivity contribution is 0.0698. The number of carbonyl (C=O) groups is 2. The Morgan fingerprint density at radius 1 is 0.947 bits per heavy atom. The summed E-state index contributed by atoms with van der Waals surface area (Å²) in [4.78, 5) is 23.4. The average molecular weight is 255 g/mol. The van der Waals surface area contributed by atoms with Crippen molar-refractivity contribution in [1.29, 1.82) is 0 Å². The molecule has 0 bridgehead atoms. The number of ketones is 1. The lowest BCUT2D eigenvalue weighted by Gasteiger charge is -2.09. The van der Waals surface area contributed by atoms with Crippen LogP contribution in [0.15, 0.2) is 42.5 Å². The van der Waals surface area contributed by atoms with Crippen molar-refractivity contribution < 1.29 is 14.7 Å². The third-order valence-corrected chi connectivity index (χ3v) is 2.97. The summed E-state index contributed by atoms with van der Waals surface area (Å²) in [6.45, 7) is 1.82. The molecule has 4 nitrogen and oxygen atoms in total. The molecule has 0 aliphatic rings. The fourth-order valence-corrected chi connectivity index (χ4v) is 1.92. The standard InChI is InChI=1S/C15H13NO3/c1-9-5-2-3-6-10(9)14(17)11-7-4-8-12(13(11)16)15(18)19/h2-8H,16H2,1H3,(H,18,19). The number of carboxylic acids is 1. The van der Waals surface area contributed by atoms with Crippen LogP contribution in [0.1, 0.15) is 31.8 Å². The lowest BCUT2D eigenvalue weighted by atomic mass is 9.96. The van der Waals surface area contributed by atoms with Crippen LogP contribution < -0.4 is 5.73 Å². The van der Waals surface area contributed by atoms with E-state index in [0.29, 0.717) is 5.56 Å². The molecule has 0 amide bonds. The number of anilines is 1. The highest BCUT2D eigenvalue weighted by Gasteiger charge is 2.18. The molecule has 0 saturated carbocycles. The zero-order valence-corrected chi connectivity index (χ0v) is 10.4. The molecule has 0 heterocycles. The van der Waals surface area contributed by atoms with Gasteiger partial charge in [0, 0.05) is 11.1 Å². The van der Waals surface area contributed by atoms with Gasteiger partial charge in [-0.1, -0.05) is 30.3 Å². The number of nitrogens with two attached hydrogens (primary N) is 1. The van der Waals surface area contributed by atoms with E-state index in [1.807, 2.05) is 19.1 Å². The number of carbonyl (C=O) groups excluding carboxylic acids is 1. The van der Waals surface area contributed by atoms with Crippen LogP contribution in [-0.4, -0.2) is 16.9 Å². The van der Waals surface area contributed by atoms with Crippen molar-refractivity contribution in [1.82, 2.24) is 0 Å². The maximum Gasteiger partial charge on any atom is 0.337 e. The molecule has 0 aliphatic carbocycles. The first kappa shape index (κ1) is 12.8. The molecule has 0 fully saturated rings. The molecule has 0 aromatic heterocycles. The summed E-state index contributed by atoms with van der Waals surface area (Å²) >= 11 is 0. The van der Waals surface area contributed by atoms with Crippen LogP contribution in [0.5, 0.6) is 0 Å². The number of hydrogen-bond acceptors (Lipinski definition) is 3. The first-order valence-electron chi connectivity index (χ1n) is 5.74. The quantitative estimate of drug-likeness (QED) is 0.652. The Balaban J connectivity index is 2.55. The molecular weight excluding hydrogens is 242 g/mol. The van der Waals surface area contributed by atoms with Gasteiger partial charge in [0.25, 0.3) is 0 Å². The van der Waals surface area contributed by atoms with Crippen molar-refractivity contribution in [3.8, 4) is 0 Å². The van der Waals surface area contributed by atoms with Crippen molar-refractivity contribution in [2.24, 2.45) is 0 Å². The van der Waals surface area contributed by atoms with E-state index in [9.17, 15) is 9.59 Å². The molecule has 2 rings (SSSR count). The van der Waals surface area contributed by atoms with Gasteiger partial charge in [-0.3, -0.25) is 4.79 Å². The number of rotatable bonds is 3. The van der Waals surface area contributed by atoms with Crippen LogP contribution >= 0.6 is 0 Å². The Hall–Kier alpha value is -2.62. The number of aryl methyl sites for hydroxylation is 1. The second kappa shape index (κ2) is 4.94. The van der Waals surface area contributed by atoms with Gasteiger partial charge < -0.3 is 10.8 Å². The molecule has 2 aromatic rings. The summed E-state index contributed by atoms with van der Waals surface area (Å²) in [5.74, 6) is -1.41. The Bertz CT molecular complexity index is 662.